The second-order valence-corrected chi connectivity index (χ2v) is 2.81. The van der Waals surface area contributed by atoms with Gasteiger partial charge in [-0.3, -0.25) is 0 Å². The lowest BCUT2D eigenvalue weighted by atomic mass is 10.3. The van der Waals surface area contributed by atoms with E-state index < -0.39 is 0 Å². The van der Waals surface area contributed by atoms with E-state index in [1.807, 2.05) is 39.1 Å². The summed E-state index contributed by atoms with van der Waals surface area (Å²) >= 11 is 0. The minimum Gasteiger partial charge on any atom is -0.497 e. The maximum absolute atomic E-state index is 5.14. The van der Waals surface area contributed by atoms with Crippen molar-refractivity contribution in [3.05, 3.63) is 18.2 Å². The number of rotatable bonds is 5. The quantitative estimate of drug-likeness (QED) is 0.756. The highest BCUT2D eigenvalue weighted by molar-refractivity contribution is 5.53. The average Bonchev–Trinajstić information content (AvgIpc) is 2.38. The topological polar surface area (TPSA) is 42.5 Å². The van der Waals surface area contributed by atoms with Crippen molar-refractivity contribution in [2.45, 2.75) is 13.8 Å². The highest BCUT2D eigenvalue weighted by atomic mass is 16.5. The zero-order chi connectivity index (χ0) is 12.4. The standard InChI is InChI=1S/C10H16N2O2.C2H6/c1-11-7-12-8-4-9(13-2)6-10(5-8)14-3;1-2/h4-6,11-12H,7H2,1-3H3;1-2H3. The molecular weight excluding hydrogens is 204 g/mol. The molecule has 1 rings (SSSR count). The van der Waals surface area contributed by atoms with E-state index in [0.29, 0.717) is 6.67 Å². The Bertz CT molecular complexity index is 268. The molecule has 92 valence electrons. The van der Waals surface area contributed by atoms with Crippen LogP contribution in [0.5, 0.6) is 11.5 Å². The predicted octanol–water partition coefficient (Wildman–Crippen LogP) is 2.32. The molecule has 4 nitrogen and oxygen atoms in total. The Balaban J connectivity index is 0.00000106. The van der Waals surface area contributed by atoms with Gasteiger partial charge in [0.25, 0.3) is 0 Å². The van der Waals surface area contributed by atoms with Gasteiger partial charge in [0.2, 0.25) is 0 Å². The van der Waals surface area contributed by atoms with E-state index in [2.05, 4.69) is 10.6 Å². The SMILES string of the molecule is CC.CNCNc1cc(OC)cc(OC)c1. The molecule has 0 atom stereocenters. The van der Waals surface area contributed by atoms with E-state index in [-0.39, 0.29) is 0 Å². The number of hydrogen-bond acceptors (Lipinski definition) is 4. The Morgan fingerprint density at radius 2 is 1.50 bits per heavy atom. The summed E-state index contributed by atoms with van der Waals surface area (Å²) in [5, 5.41) is 6.17. The molecule has 0 saturated heterocycles. The Morgan fingerprint density at radius 1 is 1.00 bits per heavy atom. The normalized spacial score (nSPS) is 8.81. The lowest BCUT2D eigenvalue weighted by molar-refractivity contribution is 0.394. The van der Waals surface area contributed by atoms with Crippen molar-refractivity contribution in [2.75, 3.05) is 33.3 Å². The maximum atomic E-state index is 5.14. The molecule has 0 bridgehead atoms. The highest BCUT2D eigenvalue weighted by Gasteiger charge is 2.00. The first-order chi connectivity index (χ1) is 7.80. The van der Waals surface area contributed by atoms with E-state index in [1.165, 1.54) is 0 Å². The van der Waals surface area contributed by atoms with Crippen molar-refractivity contribution in [1.29, 1.82) is 0 Å². The lowest BCUT2D eigenvalue weighted by Gasteiger charge is -2.09. The zero-order valence-corrected chi connectivity index (χ0v) is 10.8. The van der Waals surface area contributed by atoms with Crippen molar-refractivity contribution >= 4 is 5.69 Å². The molecule has 0 saturated carbocycles. The first-order valence-electron chi connectivity index (χ1n) is 5.41. The summed E-state index contributed by atoms with van der Waals surface area (Å²) in [5.41, 5.74) is 0.968. The second kappa shape index (κ2) is 8.85. The van der Waals surface area contributed by atoms with Crippen LogP contribution in [-0.4, -0.2) is 27.9 Å². The Morgan fingerprint density at radius 3 is 1.88 bits per heavy atom. The van der Waals surface area contributed by atoms with Gasteiger partial charge in [-0.1, -0.05) is 13.8 Å². The van der Waals surface area contributed by atoms with E-state index in [0.717, 1.165) is 17.2 Å². The summed E-state index contributed by atoms with van der Waals surface area (Å²) in [7, 11) is 5.15. The molecule has 16 heavy (non-hydrogen) atoms. The molecule has 4 heteroatoms. The molecule has 0 unspecified atom stereocenters. The third kappa shape index (κ3) is 4.89. The molecule has 0 aliphatic carbocycles. The molecule has 0 aromatic heterocycles. The number of ether oxygens (including phenoxy) is 2. The molecule has 1 aromatic rings. The van der Waals surface area contributed by atoms with Gasteiger partial charge in [0.15, 0.2) is 0 Å². The summed E-state index contributed by atoms with van der Waals surface area (Å²) in [4.78, 5) is 0. The van der Waals surface area contributed by atoms with Crippen LogP contribution in [0.4, 0.5) is 5.69 Å². The predicted molar refractivity (Wildman–Crippen MR) is 68.4 cm³/mol. The van der Waals surface area contributed by atoms with Gasteiger partial charge in [0, 0.05) is 23.9 Å². The van der Waals surface area contributed by atoms with Crippen LogP contribution in [0.3, 0.4) is 0 Å². The van der Waals surface area contributed by atoms with Crippen molar-refractivity contribution in [3.8, 4) is 11.5 Å². The van der Waals surface area contributed by atoms with Crippen LogP contribution >= 0.6 is 0 Å². The molecule has 2 N–H and O–H groups in total. The van der Waals surface area contributed by atoms with Crippen LogP contribution in [0.25, 0.3) is 0 Å². The van der Waals surface area contributed by atoms with E-state index in [1.54, 1.807) is 14.2 Å². The van der Waals surface area contributed by atoms with Gasteiger partial charge in [0.05, 0.1) is 20.9 Å². The van der Waals surface area contributed by atoms with Gasteiger partial charge < -0.3 is 20.1 Å². The molecule has 0 aliphatic heterocycles. The summed E-state index contributed by atoms with van der Waals surface area (Å²) in [6.45, 7) is 4.70. The van der Waals surface area contributed by atoms with Crippen LogP contribution in [0, 0.1) is 0 Å². The highest BCUT2D eigenvalue weighted by Crippen LogP contribution is 2.25. The molecule has 1 aromatic carbocycles. The Kier molecular flexibility index (Phi) is 8.07. The molecule has 0 aliphatic rings. The van der Waals surface area contributed by atoms with Gasteiger partial charge in [-0.15, -0.1) is 0 Å². The van der Waals surface area contributed by atoms with E-state index in [9.17, 15) is 0 Å². The molecule has 0 spiro atoms. The minimum atomic E-state index is 0.705. The monoisotopic (exact) mass is 226 g/mol. The fraction of sp³-hybridized carbons (Fsp3) is 0.500. The zero-order valence-electron chi connectivity index (χ0n) is 10.8. The van der Waals surface area contributed by atoms with E-state index >= 15 is 0 Å². The minimum absolute atomic E-state index is 0.705. The van der Waals surface area contributed by atoms with Crippen molar-refractivity contribution in [1.82, 2.24) is 5.32 Å². The van der Waals surface area contributed by atoms with Crippen LogP contribution < -0.4 is 20.1 Å². The van der Waals surface area contributed by atoms with Gasteiger partial charge in [-0.25, -0.2) is 0 Å². The number of anilines is 1. The number of benzene rings is 1. The molecule has 0 heterocycles. The van der Waals surface area contributed by atoms with Gasteiger partial charge in [0.1, 0.15) is 11.5 Å². The molecule has 0 radical (unpaired) electrons. The van der Waals surface area contributed by atoms with E-state index in [4.69, 9.17) is 9.47 Å². The third-order valence-corrected chi connectivity index (χ3v) is 1.82. The van der Waals surface area contributed by atoms with Crippen molar-refractivity contribution in [2.24, 2.45) is 0 Å². The largest absolute Gasteiger partial charge is 0.497 e. The van der Waals surface area contributed by atoms with Crippen LogP contribution in [0.1, 0.15) is 13.8 Å². The molecule has 0 fully saturated rings. The summed E-state index contributed by atoms with van der Waals surface area (Å²) < 4.78 is 10.3. The van der Waals surface area contributed by atoms with Crippen LogP contribution in [-0.2, 0) is 0 Å². The number of hydrogen-bond donors (Lipinski definition) is 2. The molecule has 0 amide bonds. The summed E-state index contributed by atoms with van der Waals surface area (Å²) in [6.07, 6.45) is 0. The summed E-state index contributed by atoms with van der Waals surface area (Å²) in [5.74, 6) is 1.56. The van der Waals surface area contributed by atoms with Gasteiger partial charge >= 0.3 is 0 Å². The Hall–Kier alpha value is -1.42. The van der Waals surface area contributed by atoms with Gasteiger partial charge in [-0.05, 0) is 7.05 Å². The molecular formula is C12H22N2O2. The fourth-order valence-corrected chi connectivity index (χ4v) is 1.10. The maximum Gasteiger partial charge on any atom is 0.124 e. The summed E-state index contributed by atoms with van der Waals surface area (Å²) in [6, 6.07) is 5.67. The van der Waals surface area contributed by atoms with Crippen molar-refractivity contribution < 1.29 is 9.47 Å². The van der Waals surface area contributed by atoms with Gasteiger partial charge in [-0.2, -0.15) is 0 Å². The second-order valence-electron chi connectivity index (χ2n) is 2.81. The smallest absolute Gasteiger partial charge is 0.124 e. The number of methoxy groups -OCH3 is 2. The Labute approximate surface area is 98.0 Å². The average molecular weight is 226 g/mol. The number of nitrogens with one attached hydrogen (secondary N) is 2. The fourth-order valence-electron chi connectivity index (χ4n) is 1.10. The van der Waals surface area contributed by atoms with Crippen LogP contribution in [0.15, 0.2) is 18.2 Å². The first kappa shape index (κ1) is 14.6. The van der Waals surface area contributed by atoms with Crippen molar-refractivity contribution in [3.63, 3.8) is 0 Å². The van der Waals surface area contributed by atoms with Crippen LogP contribution in [0.2, 0.25) is 0 Å². The third-order valence-electron chi connectivity index (χ3n) is 1.82. The lowest BCUT2D eigenvalue weighted by Crippen LogP contribution is -2.16. The first-order valence-corrected chi connectivity index (χ1v) is 5.41.